The van der Waals surface area contributed by atoms with Crippen molar-refractivity contribution in [3.8, 4) is 0 Å². The highest BCUT2D eigenvalue weighted by Crippen LogP contribution is 2.29. The molecule has 6 nitrogen and oxygen atoms in total. The third-order valence-corrected chi connectivity index (χ3v) is 6.00. The summed E-state index contributed by atoms with van der Waals surface area (Å²) in [4.78, 5) is 23.0. The van der Waals surface area contributed by atoms with Gasteiger partial charge < -0.3 is 19.9 Å². The van der Waals surface area contributed by atoms with Crippen LogP contribution in [-0.4, -0.2) is 54.0 Å². The Bertz CT molecular complexity index is 565. The molecule has 1 saturated heterocycles. The number of esters is 1. The first-order valence-electron chi connectivity index (χ1n) is 10.5. The summed E-state index contributed by atoms with van der Waals surface area (Å²) in [6.07, 6.45) is 9.95. The zero-order valence-electron chi connectivity index (χ0n) is 18.2. The molecule has 166 valence electrons. The van der Waals surface area contributed by atoms with E-state index < -0.39 is 17.9 Å². The van der Waals surface area contributed by atoms with E-state index in [2.05, 4.69) is 31.3 Å². The molecule has 0 saturated carbocycles. The number of carbonyl (C=O) groups is 2. The van der Waals surface area contributed by atoms with Crippen molar-refractivity contribution in [3.63, 3.8) is 0 Å². The Morgan fingerprint density at radius 1 is 1.45 bits per heavy atom. The molecule has 0 spiro atoms. The summed E-state index contributed by atoms with van der Waals surface area (Å²) < 4.78 is 11.2. The van der Waals surface area contributed by atoms with Crippen molar-refractivity contribution < 1.29 is 24.2 Å². The lowest BCUT2D eigenvalue weighted by Crippen LogP contribution is -2.57. The van der Waals surface area contributed by atoms with E-state index in [0.29, 0.717) is 24.7 Å². The van der Waals surface area contributed by atoms with E-state index in [1.165, 1.54) is 0 Å². The molecular formula is C22H37NO5S. The molecule has 1 heterocycles. The van der Waals surface area contributed by atoms with E-state index in [1.54, 1.807) is 13.1 Å². The van der Waals surface area contributed by atoms with Crippen molar-refractivity contribution in [2.24, 2.45) is 5.92 Å². The second kappa shape index (κ2) is 14.0. The van der Waals surface area contributed by atoms with Crippen LogP contribution in [0.15, 0.2) is 23.8 Å². The van der Waals surface area contributed by atoms with E-state index >= 15 is 0 Å². The summed E-state index contributed by atoms with van der Waals surface area (Å²) in [7, 11) is 1.71. The van der Waals surface area contributed by atoms with Crippen LogP contribution >= 0.6 is 11.8 Å². The lowest BCUT2D eigenvalue weighted by Gasteiger charge is -2.41. The molecule has 4 unspecified atom stereocenters. The fourth-order valence-electron chi connectivity index (χ4n) is 3.22. The van der Waals surface area contributed by atoms with Gasteiger partial charge >= 0.3 is 5.97 Å². The molecule has 1 aliphatic rings. The van der Waals surface area contributed by atoms with Gasteiger partial charge in [0.05, 0.1) is 12.6 Å². The maximum atomic E-state index is 12.4. The normalized spacial score (nSPS) is 25.0. The van der Waals surface area contributed by atoms with Gasteiger partial charge in [-0.3, -0.25) is 4.79 Å². The zero-order valence-corrected chi connectivity index (χ0v) is 19.0. The average molecular weight is 428 g/mol. The summed E-state index contributed by atoms with van der Waals surface area (Å²) in [6, 6.07) is -0.432. The van der Waals surface area contributed by atoms with E-state index in [4.69, 9.17) is 9.47 Å². The first kappa shape index (κ1) is 25.9. The minimum Gasteiger partial charge on any atom is -0.459 e. The lowest BCUT2D eigenvalue weighted by molar-refractivity contribution is -0.257. The molecule has 7 heteroatoms. The van der Waals surface area contributed by atoms with Crippen molar-refractivity contribution in [2.45, 2.75) is 77.2 Å². The number of hydrogen-bond acceptors (Lipinski definition) is 7. The molecule has 0 amide bonds. The monoisotopic (exact) mass is 427 g/mol. The Morgan fingerprint density at radius 2 is 2.21 bits per heavy atom. The molecular weight excluding hydrogens is 390 g/mol. The van der Waals surface area contributed by atoms with Gasteiger partial charge in [0, 0.05) is 24.7 Å². The van der Waals surface area contributed by atoms with E-state index in [0.717, 1.165) is 48.6 Å². The second-order valence-corrected chi connectivity index (χ2v) is 8.38. The molecule has 1 rings (SSSR count). The van der Waals surface area contributed by atoms with Crippen LogP contribution in [-0.2, 0) is 19.1 Å². The molecule has 0 aromatic heterocycles. The zero-order chi connectivity index (χ0) is 21.7. The number of nitrogens with one attached hydrogen (secondary N) is 1. The number of aliphatic hydroxyl groups is 1. The van der Waals surface area contributed by atoms with Gasteiger partial charge in [-0.25, -0.2) is 4.79 Å². The Labute approximate surface area is 179 Å². The predicted molar refractivity (Wildman–Crippen MR) is 118 cm³/mol. The second-order valence-electron chi connectivity index (χ2n) is 7.52. The van der Waals surface area contributed by atoms with Crippen molar-refractivity contribution >= 4 is 23.3 Å². The molecule has 29 heavy (non-hydrogen) atoms. The Morgan fingerprint density at radius 3 is 2.83 bits per heavy atom. The van der Waals surface area contributed by atoms with Gasteiger partial charge in [-0.05, 0) is 32.2 Å². The highest BCUT2D eigenvalue weighted by atomic mass is 32.2. The molecule has 0 bridgehead atoms. The van der Waals surface area contributed by atoms with Gasteiger partial charge in [-0.2, -0.15) is 0 Å². The predicted octanol–water partition coefficient (Wildman–Crippen LogP) is 3.63. The van der Waals surface area contributed by atoms with Crippen LogP contribution in [0.5, 0.6) is 0 Å². The summed E-state index contributed by atoms with van der Waals surface area (Å²) in [6.45, 7) is 6.69. The summed E-state index contributed by atoms with van der Waals surface area (Å²) >= 11 is 1.07. The molecule has 2 N–H and O–H groups in total. The molecule has 1 fully saturated rings. The van der Waals surface area contributed by atoms with Gasteiger partial charge in [0.15, 0.2) is 11.4 Å². The third-order valence-electron chi connectivity index (χ3n) is 5.34. The van der Waals surface area contributed by atoms with Crippen molar-refractivity contribution in [1.82, 2.24) is 5.32 Å². The largest absolute Gasteiger partial charge is 0.459 e. The Kier molecular flexibility index (Phi) is 12.5. The Balaban J connectivity index is 2.61. The molecule has 0 radical (unpaired) electrons. The number of thioether (sulfide) groups is 1. The standard InChI is InChI=1S/C22H37NO5S/c1-5-17(3)9-7-8-10-18(6-2)13-21(25)28-19-11-12-27-22(26,14-19)20(23-4)15-29-16-24/h7,9,13,16-17,19-20,23,26H,5-6,8,10-12,14-15H2,1-4H3/b9-7-,18-13-. The molecule has 0 aliphatic carbocycles. The fourth-order valence-corrected chi connectivity index (χ4v) is 3.92. The highest BCUT2D eigenvalue weighted by molar-refractivity contribution is 8.11. The van der Waals surface area contributed by atoms with Crippen LogP contribution in [0.25, 0.3) is 0 Å². The smallest absolute Gasteiger partial charge is 0.330 e. The van der Waals surface area contributed by atoms with Crippen molar-refractivity contribution in [3.05, 3.63) is 23.8 Å². The van der Waals surface area contributed by atoms with Crippen LogP contribution in [0.2, 0.25) is 0 Å². The number of allylic oxidation sites excluding steroid dienone is 3. The quantitative estimate of drug-likeness (QED) is 0.201. The fraction of sp³-hybridized carbons (Fsp3) is 0.727. The summed E-state index contributed by atoms with van der Waals surface area (Å²) in [5.74, 6) is -0.884. The van der Waals surface area contributed by atoms with Crippen LogP contribution < -0.4 is 5.32 Å². The highest BCUT2D eigenvalue weighted by Gasteiger charge is 2.43. The minimum atomic E-state index is -1.47. The molecule has 0 aromatic carbocycles. The van der Waals surface area contributed by atoms with Crippen molar-refractivity contribution in [1.29, 1.82) is 0 Å². The number of rotatable bonds is 13. The van der Waals surface area contributed by atoms with Crippen LogP contribution in [0.1, 0.15) is 59.3 Å². The van der Waals surface area contributed by atoms with Gasteiger partial charge in [0.2, 0.25) is 0 Å². The van der Waals surface area contributed by atoms with Crippen LogP contribution in [0.3, 0.4) is 0 Å². The van der Waals surface area contributed by atoms with Crippen molar-refractivity contribution in [2.75, 3.05) is 19.4 Å². The van der Waals surface area contributed by atoms with E-state index in [9.17, 15) is 14.7 Å². The molecule has 1 aliphatic heterocycles. The third kappa shape index (κ3) is 9.47. The van der Waals surface area contributed by atoms with Gasteiger partial charge in [0.1, 0.15) is 6.10 Å². The maximum Gasteiger partial charge on any atom is 0.330 e. The number of hydrogen-bond donors (Lipinski definition) is 2. The topological polar surface area (TPSA) is 84.9 Å². The van der Waals surface area contributed by atoms with Gasteiger partial charge in [0.25, 0.3) is 0 Å². The van der Waals surface area contributed by atoms with E-state index in [1.807, 2.05) is 6.92 Å². The molecule has 0 aromatic rings. The Hall–Kier alpha value is -1.15. The molecule has 4 atom stereocenters. The summed E-state index contributed by atoms with van der Waals surface area (Å²) in [5.41, 5.74) is 1.80. The minimum absolute atomic E-state index is 0.177. The van der Waals surface area contributed by atoms with E-state index in [-0.39, 0.29) is 12.4 Å². The van der Waals surface area contributed by atoms with Crippen LogP contribution in [0.4, 0.5) is 0 Å². The number of ether oxygens (including phenoxy) is 2. The van der Waals surface area contributed by atoms with Gasteiger partial charge in [-0.15, -0.1) is 0 Å². The number of likely N-dealkylation sites (N-methyl/N-ethyl adjacent to an activating group) is 1. The maximum absolute atomic E-state index is 12.4. The first-order valence-corrected chi connectivity index (χ1v) is 11.6. The first-order chi connectivity index (χ1) is 13.9. The summed E-state index contributed by atoms with van der Waals surface area (Å²) in [5, 5.41) is 13.8. The average Bonchev–Trinajstić information content (AvgIpc) is 2.70. The van der Waals surface area contributed by atoms with Gasteiger partial charge in [-0.1, -0.05) is 56.7 Å². The lowest BCUT2D eigenvalue weighted by atomic mass is 9.96. The van der Waals surface area contributed by atoms with Crippen LogP contribution in [0, 0.1) is 5.92 Å². The SMILES string of the molecule is CC/C(=C/C(=O)OC1CCOC(O)(C(CSC=O)NC)C1)CC/C=C\C(C)CC. The number of carbonyl (C=O) groups excluding carboxylic acids is 2.